The number of benzene rings is 3. The van der Waals surface area contributed by atoms with Gasteiger partial charge in [-0.05, 0) is 55.3 Å². The number of hydrogen-bond donors (Lipinski definition) is 2. The van der Waals surface area contributed by atoms with E-state index >= 15 is 0 Å². The monoisotopic (exact) mass is 488 g/mol. The predicted octanol–water partition coefficient (Wildman–Crippen LogP) is 4.71. The second-order valence-corrected chi connectivity index (χ2v) is 9.51. The fraction of sp³-hybridized carbons (Fsp3) is 0.208. The highest BCUT2D eigenvalue weighted by Gasteiger charge is 2.20. The maximum absolute atomic E-state index is 12.8. The fourth-order valence-corrected chi connectivity index (χ4v) is 4.68. The van der Waals surface area contributed by atoms with Crippen molar-refractivity contribution in [3.8, 4) is 11.5 Å². The Labute approximate surface area is 198 Å². The summed E-state index contributed by atoms with van der Waals surface area (Å²) in [7, 11) is -2.30. The van der Waals surface area contributed by atoms with E-state index in [1.165, 1.54) is 25.3 Å². The van der Waals surface area contributed by atoms with Gasteiger partial charge in [0.1, 0.15) is 11.5 Å². The summed E-state index contributed by atoms with van der Waals surface area (Å²) in [6, 6.07) is 18.3. The topological polar surface area (TPSA) is 93.7 Å². The van der Waals surface area contributed by atoms with E-state index in [0.29, 0.717) is 11.4 Å². The van der Waals surface area contributed by atoms with Crippen molar-refractivity contribution >= 4 is 33.2 Å². The van der Waals surface area contributed by atoms with E-state index in [1.54, 1.807) is 19.1 Å². The minimum atomic E-state index is -3.81. The number of rotatable bonds is 9. The molecule has 0 saturated carbocycles. The molecule has 0 aliphatic heterocycles. The number of carbonyl (C=O) groups is 1. The number of hydrogen-bond acceptors (Lipinski definition) is 5. The third-order valence-corrected chi connectivity index (χ3v) is 6.67. The normalized spacial score (nSPS) is 12.1. The molecule has 33 heavy (non-hydrogen) atoms. The number of carbonyl (C=O) groups excluding carboxylic acids is 1. The van der Waals surface area contributed by atoms with Crippen molar-refractivity contribution < 1.29 is 22.7 Å². The van der Waals surface area contributed by atoms with Gasteiger partial charge in [-0.15, -0.1) is 0 Å². The maximum Gasteiger partial charge on any atom is 0.262 e. The average Bonchev–Trinajstić information content (AvgIpc) is 2.78. The fourth-order valence-electron chi connectivity index (χ4n) is 3.13. The Hall–Kier alpha value is -3.07. The van der Waals surface area contributed by atoms with Crippen LogP contribution in [0.15, 0.2) is 71.6 Å². The Morgan fingerprint density at radius 3 is 2.39 bits per heavy atom. The first kappa shape index (κ1) is 24.6. The maximum atomic E-state index is 12.8. The number of nitrogens with one attached hydrogen (secondary N) is 2. The van der Waals surface area contributed by atoms with Gasteiger partial charge < -0.3 is 14.8 Å². The minimum absolute atomic E-state index is 0.00317. The van der Waals surface area contributed by atoms with Crippen molar-refractivity contribution in [1.29, 1.82) is 0 Å². The molecule has 2 N–H and O–H groups in total. The Kier molecular flexibility index (Phi) is 7.97. The molecular formula is C24H25ClN2O5S. The molecule has 1 atom stereocenters. The number of ether oxygens (including phenoxy) is 2. The molecule has 0 heterocycles. The van der Waals surface area contributed by atoms with Gasteiger partial charge in [0.05, 0.1) is 22.7 Å². The smallest absolute Gasteiger partial charge is 0.262 e. The standard InChI is InChI=1S/C24H25ClN2O5S/c1-16-9-11-23(31-3)21(13-16)26-24(28)15-32-22-12-10-19(14-20(22)25)33(29,30)27-17(2)18-7-5-4-6-8-18/h4-14,17,27H,15H2,1-3H3,(H,26,28). The largest absolute Gasteiger partial charge is 0.495 e. The van der Waals surface area contributed by atoms with Gasteiger partial charge in [-0.3, -0.25) is 4.79 Å². The van der Waals surface area contributed by atoms with Crippen LogP contribution in [0.1, 0.15) is 24.1 Å². The van der Waals surface area contributed by atoms with Crippen molar-refractivity contribution in [3.63, 3.8) is 0 Å². The molecule has 0 fully saturated rings. The predicted molar refractivity (Wildman–Crippen MR) is 128 cm³/mol. The lowest BCUT2D eigenvalue weighted by molar-refractivity contribution is -0.118. The van der Waals surface area contributed by atoms with Gasteiger partial charge in [0.15, 0.2) is 6.61 Å². The highest BCUT2D eigenvalue weighted by atomic mass is 35.5. The molecule has 9 heteroatoms. The van der Waals surface area contributed by atoms with Crippen LogP contribution < -0.4 is 19.5 Å². The number of amides is 1. The first-order chi connectivity index (χ1) is 15.7. The van der Waals surface area contributed by atoms with Crippen LogP contribution in [0.3, 0.4) is 0 Å². The first-order valence-electron chi connectivity index (χ1n) is 10.1. The number of halogens is 1. The summed E-state index contributed by atoms with van der Waals surface area (Å²) in [4.78, 5) is 12.3. The highest BCUT2D eigenvalue weighted by Crippen LogP contribution is 2.29. The van der Waals surface area contributed by atoms with Gasteiger partial charge in [-0.1, -0.05) is 48.0 Å². The van der Waals surface area contributed by atoms with E-state index in [4.69, 9.17) is 21.1 Å². The summed E-state index contributed by atoms with van der Waals surface area (Å²) < 4.78 is 38.9. The van der Waals surface area contributed by atoms with Gasteiger partial charge in [0.2, 0.25) is 10.0 Å². The van der Waals surface area contributed by atoms with Crippen LogP contribution in [0.2, 0.25) is 5.02 Å². The van der Waals surface area contributed by atoms with Gasteiger partial charge in [0.25, 0.3) is 5.91 Å². The van der Waals surface area contributed by atoms with Crippen LogP contribution >= 0.6 is 11.6 Å². The van der Waals surface area contributed by atoms with Gasteiger partial charge in [-0.2, -0.15) is 0 Å². The Morgan fingerprint density at radius 2 is 1.73 bits per heavy atom. The molecule has 0 aliphatic carbocycles. The molecule has 3 aromatic carbocycles. The van der Waals surface area contributed by atoms with E-state index in [-0.39, 0.29) is 22.3 Å². The quantitative estimate of drug-likeness (QED) is 0.454. The van der Waals surface area contributed by atoms with Gasteiger partial charge in [-0.25, -0.2) is 13.1 Å². The van der Waals surface area contributed by atoms with E-state index in [0.717, 1.165) is 11.1 Å². The number of sulfonamides is 1. The van der Waals surface area contributed by atoms with Crippen LogP contribution in [0.4, 0.5) is 5.69 Å². The molecule has 0 spiro atoms. The van der Waals surface area contributed by atoms with Crippen LogP contribution in [0, 0.1) is 6.92 Å². The van der Waals surface area contributed by atoms with Crippen LogP contribution in [-0.2, 0) is 14.8 Å². The molecule has 0 radical (unpaired) electrons. The van der Waals surface area contributed by atoms with Crippen molar-refractivity contribution in [2.75, 3.05) is 19.0 Å². The van der Waals surface area contributed by atoms with E-state index in [9.17, 15) is 13.2 Å². The Balaban J connectivity index is 1.64. The van der Waals surface area contributed by atoms with E-state index in [2.05, 4.69) is 10.0 Å². The molecule has 1 unspecified atom stereocenters. The van der Waals surface area contributed by atoms with E-state index < -0.39 is 22.0 Å². The Morgan fingerprint density at radius 1 is 1.03 bits per heavy atom. The number of anilines is 1. The molecule has 0 aliphatic rings. The molecule has 7 nitrogen and oxygen atoms in total. The van der Waals surface area contributed by atoms with Crippen LogP contribution in [0.5, 0.6) is 11.5 Å². The molecule has 3 aromatic rings. The zero-order valence-corrected chi connectivity index (χ0v) is 20.0. The molecule has 0 bridgehead atoms. The Bertz CT molecular complexity index is 1230. The summed E-state index contributed by atoms with van der Waals surface area (Å²) >= 11 is 6.23. The third-order valence-electron chi connectivity index (χ3n) is 4.83. The summed E-state index contributed by atoms with van der Waals surface area (Å²) in [6.45, 7) is 3.34. The summed E-state index contributed by atoms with van der Waals surface area (Å²) in [5.74, 6) is 0.307. The number of aryl methyl sites for hydroxylation is 1. The van der Waals surface area contributed by atoms with Crippen molar-refractivity contribution in [3.05, 3.63) is 82.9 Å². The molecule has 3 rings (SSSR count). The molecule has 0 aromatic heterocycles. The summed E-state index contributed by atoms with van der Waals surface area (Å²) in [5, 5.41) is 2.80. The molecule has 0 saturated heterocycles. The molecular weight excluding hydrogens is 464 g/mol. The number of methoxy groups -OCH3 is 1. The lowest BCUT2D eigenvalue weighted by Crippen LogP contribution is -2.27. The van der Waals surface area contributed by atoms with Gasteiger partial charge >= 0.3 is 0 Å². The van der Waals surface area contributed by atoms with Crippen molar-refractivity contribution in [2.24, 2.45) is 0 Å². The van der Waals surface area contributed by atoms with Crippen LogP contribution in [0.25, 0.3) is 0 Å². The highest BCUT2D eigenvalue weighted by molar-refractivity contribution is 7.89. The third kappa shape index (κ3) is 6.47. The zero-order chi connectivity index (χ0) is 24.0. The minimum Gasteiger partial charge on any atom is -0.495 e. The average molecular weight is 489 g/mol. The zero-order valence-electron chi connectivity index (χ0n) is 18.5. The second kappa shape index (κ2) is 10.7. The summed E-state index contributed by atoms with van der Waals surface area (Å²) in [6.07, 6.45) is 0. The van der Waals surface area contributed by atoms with E-state index in [1.807, 2.05) is 43.3 Å². The molecule has 1 amide bonds. The molecule has 174 valence electrons. The first-order valence-corrected chi connectivity index (χ1v) is 12.0. The lowest BCUT2D eigenvalue weighted by atomic mass is 10.1. The summed E-state index contributed by atoms with van der Waals surface area (Å²) in [5.41, 5.74) is 2.32. The second-order valence-electron chi connectivity index (χ2n) is 7.39. The lowest BCUT2D eigenvalue weighted by Gasteiger charge is -2.15. The van der Waals surface area contributed by atoms with Crippen molar-refractivity contribution in [1.82, 2.24) is 4.72 Å². The van der Waals surface area contributed by atoms with Gasteiger partial charge in [0, 0.05) is 6.04 Å². The SMILES string of the molecule is COc1ccc(C)cc1NC(=O)COc1ccc(S(=O)(=O)NC(C)c2ccccc2)cc1Cl. The van der Waals surface area contributed by atoms with Crippen LogP contribution in [-0.4, -0.2) is 28.0 Å². The van der Waals surface area contributed by atoms with Crippen molar-refractivity contribution in [2.45, 2.75) is 24.8 Å².